The standard InChI is InChI=1S/C22H27NO5/c1-5-16-7-6-8-18(11-16)23-21(24)14-28-22(25)17-9-10-19(20(12-17)26-4)27-13-15(2)3/h6-12,15H,5,13-14H2,1-4H3,(H,23,24). The van der Waals surface area contributed by atoms with E-state index in [1.165, 1.54) is 7.11 Å². The number of benzene rings is 2. The summed E-state index contributed by atoms with van der Waals surface area (Å²) in [4.78, 5) is 24.3. The van der Waals surface area contributed by atoms with Gasteiger partial charge in [0.15, 0.2) is 18.1 Å². The van der Waals surface area contributed by atoms with Crippen molar-refractivity contribution in [3.63, 3.8) is 0 Å². The number of carbonyl (C=O) groups is 2. The van der Waals surface area contributed by atoms with Gasteiger partial charge in [-0.25, -0.2) is 4.79 Å². The third-order valence-electron chi connectivity index (χ3n) is 3.92. The number of rotatable bonds is 9. The summed E-state index contributed by atoms with van der Waals surface area (Å²) in [5, 5.41) is 2.72. The largest absolute Gasteiger partial charge is 0.493 e. The molecule has 0 radical (unpaired) electrons. The van der Waals surface area contributed by atoms with Gasteiger partial charge < -0.3 is 19.5 Å². The molecule has 150 valence electrons. The van der Waals surface area contributed by atoms with Gasteiger partial charge in [-0.3, -0.25) is 4.79 Å². The van der Waals surface area contributed by atoms with Gasteiger partial charge in [-0.05, 0) is 48.2 Å². The van der Waals surface area contributed by atoms with Gasteiger partial charge in [-0.2, -0.15) is 0 Å². The predicted molar refractivity (Wildman–Crippen MR) is 108 cm³/mol. The van der Waals surface area contributed by atoms with E-state index in [1.807, 2.05) is 39.0 Å². The summed E-state index contributed by atoms with van der Waals surface area (Å²) in [5.41, 5.74) is 2.07. The van der Waals surface area contributed by atoms with E-state index in [0.29, 0.717) is 29.7 Å². The summed E-state index contributed by atoms with van der Waals surface area (Å²) < 4.78 is 16.1. The first kappa shape index (κ1) is 21.3. The van der Waals surface area contributed by atoms with Gasteiger partial charge >= 0.3 is 5.97 Å². The maximum Gasteiger partial charge on any atom is 0.338 e. The molecule has 0 bridgehead atoms. The Morgan fingerprint density at radius 1 is 1.07 bits per heavy atom. The van der Waals surface area contributed by atoms with Gasteiger partial charge in [0, 0.05) is 5.69 Å². The van der Waals surface area contributed by atoms with E-state index in [4.69, 9.17) is 14.2 Å². The van der Waals surface area contributed by atoms with Gasteiger partial charge in [0.25, 0.3) is 5.91 Å². The highest BCUT2D eigenvalue weighted by molar-refractivity contribution is 5.95. The minimum Gasteiger partial charge on any atom is -0.493 e. The SMILES string of the molecule is CCc1cccc(NC(=O)COC(=O)c2ccc(OCC(C)C)c(OC)c2)c1. The van der Waals surface area contributed by atoms with Gasteiger partial charge in [-0.15, -0.1) is 0 Å². The average Bonchev–Trinajstić information content (AvgIpc) is 2.70. The number of aryl methyl sites for hydroxylation is 1. The van der Waals surface area contributed by atoms with Crippen LogP contribution in [0.5, 0.6) is 11.5 Å². The van der Waals surface area contributed by atoms with Crippen LogP contribution >= 0.6 is 0 Å². The lowest BCUT2D eigenvalue weighted by Crippen LogP contribution is -2.21. The Bertz CT molecular complexity index is 816. The van der Waals surface area contributed by atoms with Crippen molar-refractivity contribution < 1.29 is 23.8 Å². The van der Waals surface area contributed by atoms with Crippen molar-refractivity contribution in [2.75, 3.05) is 25.6 Å². The highest BCUT2D eigenvalue weighted by atomic mass is 16.5. The summed E-state index contributed by atoms with van der Waals surface area (Å²) in [6.45, 7) is 6.29. The molecule has 0 saturated heterocycles. The lowest BCUT2D eigenvalue weighted by atomic mass is 10.1. The Hall–Kier alpha value is -3.02. The molecule has 6 heteroatoms. The molecule has 0 aliphatic carbocycles. The Labute approximate surface area is 165 Å². The summed E-state index contributed by atoms with van der Waals surface area (Å²) in [7, 11) is 1.50. The zero-order chi connectivity index (χ0) is 20.5. The van der Waals surface area contributed by atoms with Crippen molar-refractivity contribution >= 4 is 17.6 Å². The molecule has 0 saturated carbocycles. The maximum atomic E-state index is 12.2. The zero-order valence-corrected chi connectivity index (χ0v) is 16.8. The fraction of sp³-hybridized carbons (Fsp3) is 0.364. The van der Waals surface area contributed by atoms with Crippen molar-refractivity contribution in [1.29, 1.82) is 0 Å². The second kappa shape index (κ2) is 10.3. The smallest absolute Gasteiger partial charge is 0.338 e. The molecule has 28 heavy (non-hydrogen) atoms. The molecule has 0 atom stereocenters. The number of methoxy groups -OCH3 is 1. The van der Waals surface area contributed by atoms with E-state index in [9.17, 15) is 9.59 Å². The summed E-state index contributed by atoms with van der Waals surface area (Å²) in [6, 6.07) is 12.3. The molecule has 0 fully saturated rings. The Morgan fingerprint density at radius 3 is 2.54 bits per heavy atom. The molecule has 0 heterocycles. The van der Waals surface area contributed by atoms with E-state index in [2.05, 4.69) is 5.32 Å². The minimum atomic E-state index is -0.605. The van der Waals surface area contributed by atoms with Gasteiger partial charge in [0.1, 0.15) is 0 Å². The normalized spacial score (nSPS) is 10.5. The first-order chi connectivity index (χ1) is 13.4. The van der Waals surface area contributed by atoms with Crippen molar-refractivity contribution in [2.24, 2.45) is 5.92 Å². The molecular weight excluding hydrogens is 358 g/mol. The zero-order valence-electron chi connectivity index (χ0n) is 16.8. The molecule has 2 aromatic carbocycles. The fourth-order valence-electron chi connectivity index (χ4n) is 2.45. The summed E-state index contributed by atoms with van der Waals surface area (Å²) in [6.07, 6.45) is 0.872. The maximum absolute atomic E-state index is 12.2. The van der Waals surface area contributed by atoms with Crippen LogP contribution in [-0.4, -0.2) is 32.2 Å². The molecule has 1 N–H and O–H groups in total. The first-order valence-corrected chi connectivity index (χ1v) is 9.29. The first-order valence-electron chi connectivity index (χ1n) is 9.29. The highest BCUT2D eigenvalue weighted by Gasteiger charge is 2.14. The second-order valence-electron chi connectivity index (χ2n) is 6.75. The minimum absolute atomic E-state index is 0.287. The van der Waals surface area contributed by atoms with Gasteiger partial charge in [0.05, 0.1) is 19.3 Å². The highest BCUT2D eigenvalue weighted by Crippen LogP contribution is 2.28. The third kappa shape index (κ3) is 6.30. The van der Waals surface area contributed by atoms with E-state index in [0.717, 1.165) is 12.0 Å². The van der Waals surface area contributed by atoms with Crippen LogP contribution in [0.3, 0.4) is 0 Å². The molecular formula is C22H27NO5. The third-order valence-corrected chi connectivity index (χ3v) is 3.92. The second-order valence-corrected chi connectivity index (χ2v) is 6.75. The number of nitrogens with one attached hydrogen (secondary N) is 1. The van der Waals surface area contributed by atoms with Crippen molar-refractivity contribution in [2.45, 2.75) is 27.2 Å². The Morgan fingerprint density at radius 2 is 1.86 bits per heavy atom. The number of amides is 1. The number of carbonyl (C=O) groups excluding carboxylic acids is 2. The van der Waals surface area contributed by atoms with E-state index < -0.39 is 11.9 Å². The van der Waals surface area contributed by atoms with Crippen LogP contribution < -0.4 is 14.8 Å². The molecule has 1 amide bonds. The summed E-state index contributed by atoms with van der Waals surface area (Å²) in [5.74, 6) is 0.361. The Balaban J connectivity index is 1.93. The monoisotopic (exact) mass is 385 g/mol. The number of hydrogen-bond acceptors (Lipinski definition) is 5. The van der Waals surface area contributed by atoms with Crippen LogP contribution in [0.1, 0.15) is 36.7 Å². The lowest BCUT2D eigenvalue weighted by molar-refractivity contribution is -0.119. The predicted octanol–water partition coefficient (Wildman–Crippen LogP) is 4.09. The molecule has 2 rings (SSSR count). The van der Waals surface area contributed by atoms with E-state index in [-0.39, 0.29) is 12.2 Å². The van der Waals surface area contributed by atoms with Gasteiger partial charge in [-0.1, -0.05) is 32.9 Å². The van der Waals surface area contributed by atoms with Crippen LogP contribution in [0.15, 0.2) is 42.5 Å². The van der Waals surface area contributed by atoms with Crippen LogP contribution in [0, 0.1) is 5.92 Å². The molecule has 0 unspecified atom stereocenters. The number of hydrogen-bond donors (Lipinski definition) is 1. The topological polar surface area (TPSA) is 73.9 Å². The van der Waals surface area contributed by atoms with Crippen molar-refractivity contribution in [1.82, 2.24) is 0 Å². The molecule has 0 spiro atoms. The van der Waals surface area contributed by atoms with E-state index in [1.54, 1.807) is 24.3 Å². The van der Waals surface area contributed by atoms with Crippen LogP contribution in [0.4, 0.5) is 5.69 Å². The quantitative estimate of drug-likeness (QED) is 0.658. The fourth-order valence-corrected chi connectivity index (χ4v) is 2.45. The van der Waals surface area contributed by atoms with Gasteiger partial charge in [0.2, 0.25) is 0 Å². The van der Waals surface area contributed by atoms with Crippen molar-refractivity contribution in [3.8, 4) is 11.5 Å². The number of esters is 1. The van der Waals surface area contributed by atoms with E-state index >= 15 is 0 Å². The molecule has 2 aromatic rings. The molecule has 0 aromatic heterocycles. The summed E-state index contributed by atoms with van der Waals surface area (Å²) >= 11 is 0. The molecule has 6 nitrogen and oxygen atoms in total. The lowest BCUT2D eigenvalue weighted by Gasteiger charge is -2.13. The van der Waals surface area contributed by atoms with Crippen LogP contribution in [-0.2, 0) is 16.0 Å². The van der Waals surface area contributed by atoms with Crippen LogP contribution in [0.2, 0.25) is 0 Å². The number of anilines is 1. The average molecular weight is 385 g/mol. The molecule has 0 aliphatic rings. The number of ether oxygens (including phenoxy) is 3. The van der Waals surface area contributed by atoms with Crippen LogP contribution in [0.25, 0.3) is 0 Å². The molecule has 0 aliphatic heterocycles. The Kier molecular flexibility index (Phi) is 7.87. The van der Waals surface area contributed by atoms with Crippen molar-refractivity contribution in [3.05, 3.63) is 53.6 Å².